The summed E-state index contributed by atoms with van der Waals surface area (Å²) in [6, 6.07) is 12.9. The van der Waals surface area contributed by atoms with Crippen molar-refractivity contribution in [2.24, 2.45) is 5.73 Å². The lowest BCUT2D eigenvalue weighted by Gasteiger charge is -2.24. The van der Waals surface area contributed by atoms with Crippen LogP contribution in [-0.4, -0.2) is 17.6 Å². The van der Waals surface area contributed by atoms with Crippen molar-refractivity contribution in [1.29, 1.82) is 0 Å². The molecule has 2 N–H and O–H groups in total. The lowest BCUT2D eigenvalue weighted by molar-refractivity contribution is -0.156. The van der Waals surface area contributed by atoms with Gasteiger partial charge >= 0.3 is 5.97 Å². The van der Waals surface area contributed by atoms with Gasteiger partial charge in [-0.15, -0.1) is 11.6 Å². The van der Waals surface area contributed by atoms with E-state index in [2.05, 4.69) is 0 Å². The smallest absolute Gasteiger partial charge is 0.325 e. The molecular formula is C17H20ClNO2. The summed E-state index contributed by atoms with van der Waals surface area (Å²) in [5.41, 5.74) is 6.18. The van der Waals surface area contributed by atoms with Gasteiger partial charge in [0, 0.05) is 0 Å². The average molecular weight is 306 g/mol. The number of alkyl halides is 1. The molecule has 4 heteroatoms. The van der Waals surface area contributed by atoms with Crippen molar-refractivity contribution in [3.63, 3.8) is 0 Å². The summed E-state index contributed by atoms with van der Waals surface area (Å²) in [6.07, 6.45) is 0. The molecule has 0 bridgehead atoms. The van der Waals surface area contributed by atoms with E-state index in [0.717, 1.165) is 16.3 Å². The molecule has 0 aromatic heterocycles. The van der Waals surface area contributed by atoms with Crippen LogP contribution in [0.2, 0.25) is 0 Å². The van der Waals surface area contributed by atoms with Gasteiger partial charge in [-0.05, 0) is 43.2 Å². The Morgan fingerprint density at radius 1 is 1.14 bits per heavy atom. The van der Waals surface area contributed by atoms with E-state index in [1.54, 1.807) is 20.8 Å². The number of esters is 1. The first-order valence-corrected chi connectivity index (χ1v) is 7.33. The number of nitrogens with two attached hydrogens (primary N) is 1. The zero-order chi connectivity index (χ0) is 15.6. The van der Waals surface area contributed by atoms with Crippen molar-refractivity contribution in [3.8, 4) is 0 Å². The fraction of sp³-hybridized carbons (Fsp3) is 0.353. The van der Waals surface area contributed by atoms with Crippen molar-refractivity contribution >= 4 is 28.3 Å². The van der Waals surface area contributed by atoms with Gasteiger partial charge in [0.25, 0.3) is 0 Å². The third-order valence-corrected chi connectivity index (χ3v) is 3.61. The third kappa shape index (κ3) is 3.96. The van der Waals surface area contributed by atoms with Crippen LogP contribution in [0.25, 0.3) is 10.8 Å². The van der Waals surface area contributed by atoms with Crippen LogP contribution in [0, 0.1) is 0 Å². The van der Waals surface area contributed by atoms with Gasteiger partial charge in [-0.1, -0.05) is 36.4 Å². The molecule has 0 spiro atoms. The monoisotopic (exact) mass is 305 g/mol. The lowest BCUT2D eigenvalue weighted by atomic mass is 10.0. The zero-order valence-corrected chi connectivity index (χ0v) is 13.2. The maximum absolute atomic E-state index is 12.0. The Bertz CT molecular complexity index is 649. The van der Waals surface area contributed by atoms with Crippen LogP contribution >= 0.6 is 11.6 Å². The summed E-state index contributed by atoms with van der Waals surface area (Å²) in [7, 11) is 0. The number of carbonyl (C=O) groups is 1. The largest absolute Gasteiger partial charge is 0.459 e. The van der Waals surface area contributed by atoms with Gasteiger partial charge in [0.2, 0.25) is 0 Å². The van der Waals surface area contributed by atoms with Gasteiger partial charge in [-0.2, -0.15) is 0 Å². The van der Waals surface area contributed by atoms with Crippen LogP contribution in [0.5, 0.6) is 0 Å². The maximum atomic E-state index is 12.0. The molecule has 3 nitrogen and oxygen atoms in total. The van der Waals surface area contributed by atoms with Gasteiger partial charge in [0.15, 0.2) is 0 Å². The van der Waals surface area contributed by atoms with Crippen molar-refractivity contribution in [2.45, 2.75) is 37.8 Å². The fourth-order valence-corrected chi connectivity index (χ4v) is 2.31. The lowest BCUT2D eigenvalue weighted by Crippen LogP contribution is -2.40. The van der Waals surface area contributed by atoms with Crippen LogP contribution in [-0.2, 0) is 9.53 Å². The summed E-state index contributed by atoms with van der Waals surface area (Å²) in [5, 5.41) is 1.57. The van der Waals surface area contributed by atoms with E-state index >= 15 is 0 Å². The quantitative estimate of drug-likeness (QED) is 0.693. The van der Waals surface area contributed by atoms with E-state index in [4.69, 9.17) is 22.1 Å². The Morgan fingerprint density at radius 2 is 1.76 bits per heavy atom. The van der Waals surface area contributed by atoms with Gasteiger partial charge in [-0.25, -0.2) is 0 Å². The van der Waals surface area contributed by atoms with E-state index in [9.17, 15) is 4.79 Å². The molecule has 0 fully saturated rings. The third-order valence-electron chi connectivity index (χ3n) is 3.09. The highest BCUT2D eigenvalue weighted by molar-refractivity contribution is 6.22. The first-order valence-electron chi connectivity index (χ1n) is 6.89. The highest BCUT2D eigenvalue weighted by atomic mass is 35.5. The van der Waals surface area contributed by atoms with Crippen molar-refractivity contribution < 1.29 is 9.53 Å². The standard InChI is InChI=1S/C17H20ClNO2/c1-17(2,3)21-16(20)15(19)14(18)13-9-8-11-6-4-5-7-12(11)10-13/h4-10,14-15H,19H2,1-3H3. The Kier molecular flexibility index (Phi) is 4.55. The highest BCUT2D eigenvalue weighted by Gasteiger charge is 2.29. The number of halogens is 1. The van der Waals surface area contributed by atoms with Gasteiger partial charge in [0.05, 0.1) is 5.38 Å². The molecule has 0 heterocycles. The predicted octanol–water partition coefficient (Wildman–Crippen LogP) is 3.79. The molecule has 2 aromatic rings. The maximum Gasteiger partial charge on any atom is 0.325 e. The number of carbonyl (C=O) groups excluding carboxylic acids is 1. The topological polar surface area (TPSA) is 52.3 Å². The average Bonchev–Trinajstić information content (AvgIpc) is 2.43. The molecule has 0 radical (unpaired) electrons. The van der Waals surface area contributed by atoms with Crippen LogP contribution in [0.3, 0.4) is 0 Å². The van der Waals surface area contributed by atoms with Gasteiger partial charge in [-0.3, -0.25) is 4.79 Å². The number of hydrogen-bond donors (Lipinski definition) is 1. The molecule has 0 saturated carbocycles. The van der Waals surface area contributed by atoms with E-state index in [0.29, 0.717) is 0 Å². The number of rotatable bonds is 3. The molecule has 2 atom stereocenters. The Labute approximate surface area is 130 Å². The summed E-state index contributed by atoms with van der Waals surface area (Å²) in [5.74, 6) is -0.490. The second-order valence-corrected chi connectivity index (χ2v) is 6.54. The van der Waals surface area contributed by atoms with Crippen molar-refractivity contribution in [2.75, 3.05) is 0 Å². The number of benzene rings is 2. The molecule has 2 unspecified atom stereocenters. The van der Waals surface area contributed by atoms with Crippen molar-refractivity contribution in [3.05, 3.63) is 48.0 Å². The summed E-state index contributed by atoms with van der Waals surface area (Å²) in [4.78, 5) is 12.0. The Balaban J connectivity index is 2.20. The molecule has 2 rings (SSSR count). The minimum absolute atomic E-state index is 0.490. The Morgan fingerprint density at radius 3 is 2.38 bits per heavy atom. The molecule has 21 heavy (non-hydrogen) atoms. The second-order valence-electron chi connectivity index (χ2n) is 6.07. The molecule has 2 aromatic carbocycles. The molecular weight excluding hydrogens is 286 g/mol. The van der Waals surface area contributed by atoms with Gasteiger partial charge < -0.3 is 10.5 Å². The number of fused-ring (bicyclic) bond motifs is 1. The first-order chi connectivity index (χ1) is 9.78. The van der Waals surface area contributed by atoms with Crippen LogP contribution < -0.4 is 5.73 Å². The van der Waals surface area contributed by atoms with Crippen molar-refractivity contribution in [1.82, 2.24) is 0 Å². The van der Waals surface area contributed by atoms with E-state index in [1.165, 1.54) is 0 Å². The second kappa shape index (κ2) is 6.04. The minimum Gasteiger partial charge on any atom is -0.459 e. The van der Waals surface area contributed by atoms with E-state index in [1.807, 2.05) is 42.5 Å². The summed E-state index contributed by atoms with van der Waals surface area (Å²) < 4.78 is 5.28. The summed E-state index contributed by atoms with van der Waals surface area (Å²) in [6.45, 7) is 5.41. The first kappa shape index (κ1) is 15.8. The molecule has 0 amide bonds. The van der Waals surface area contributed by atoms with Crippen LogP contribution in [0.1, 0.15) is 31.7 Å². The molecule has 0 aliphatic rings. The normalized spacial score (nSPS) is 14.7. The molecule has 112 valence electrons. The summed E-state index contributed by atoms with van der Waals surface area (Å²) >= 11 is 6.35. The number of hydrogen-bond acceptors (Lipinski definition) is 3. The molecule has 0 aliphatic carbocycles. The predicted molar refractivity (Wildman–Crippen MR) is 86.4 cm³/mol. The fourth-order valence-electron chi connectivity index (χ4n) is 2.08. The molecule has 0 aliphatic heterocycles. The highest BCUT2D eigenvalue weighted by Crippen LogP contribution is 2.28. The van der Waals surface area contributed by atoms with Crippen LogP contribution in [0.4, 0.5) is 0 Å². The minimum atomic E-state index is -0.896. The van der Waals surface area contributed by atoms with E-state index < -0.39 is 23.0 Å². The zero-order valence-electron chi connectivity index (χ0n) is 12.5. The Hall–Kier alpha value is -1.58. The number of ether oxygens (including phenoxy) is 1. The molecule has 0 saturated heterocycles. The van der Waals surface area contributed by atoms with Gasteiger partial charge in [0.1, 0.15) is 11.6 Å². The SMILES string of the molecule is CC(C)(C)OC(=O)C(N)C(Cl)c1ccc2ccccc2c1. The van der Waals surface area contributed by atoms with E-state index in [-0.39, 0.29) is 0 Å². The van der Waals surface area contributed by atoms with Crippen LogP contribution in [0.15, 0.2) is 42.5 Å².